The van der Waals surface area contributed by atoms with Crippen molar-refractivity contribution in [3.05, 3.63) is 57.4 Å². The molecule has 2 aromatic rings. The minimum Gasteiger partial charge on any atom is -0.312 e. The number of benzene rings is 1. The van der Waals surface area contributed by atoms with Gasteiger partial charge in [0.05, 0.1) is 0 Å². The number of pyridine rings is 1. The zero-order chi connectivity index (χ0) is 14.8. The van der Waals surface area contributed by atoms with Crippen molar-refractivity contribution in [3.8, 4) is 11.1 Å². The Bertz CT molecular complexity index is 673. The van der Waals surface area contributed by atoms with Gasteiger partial charge in [0.1, 0.15) is 0 Å². The smallest absolute Gasteiger partial charge is 0.251 e. The van der Waals surface area contributed by atoms with Crippen LogP contribution in [-0.4, -0.2) is 29.6 Å². The number of nitrogens with zero attached hydrogens (tertiary/aromatic N) is 2. The number of rotatable bonds is 2. The van der Waals surface area contributed by atoms with Crippen molar-refractivity contribution in [2.75, 3.05) is 20.1 Å². The number of halogens is 1. The van der Waals surface area contributed by atoms with Gasteiger partial charge in [0.15, 0.2) is 0 Å². The Morgan fingerprint density at radius 3 is 2.48 bits per heavy atom. The molecule has 0 atom stereocenters. The average molecular weight is 347 g/mol. The second-order valence-corrected chi connectivity index (χ2v) is 6.54. The van der Waals surface area contributed by atoms with Crippen LogP contribution in [0.25, 0.3) is 11.1 Å². The van der Waals surface area contributed by atoms with Crippen LogP contribution >= 0.6 is 15.9 Å². The molecule has 1 aromatic heterocycles. The van der Waals surface area contributed by atoms with E-state index in [1.54, 1.807) is 6.07 Å². The number of hydrogen-bond donors (Lipinski definition) is 0. The van der Waals surface area contributed by atoms with E-state index in [0.29, 0.717) is 6.04 Å². The second-order valence-electron chi connectivity index (χ2n) is 5.68. The van der Waals surface area contributed by atoms with E-state index in [1.165, 1.54) is 0 Å². The molecule has 0 N–H and O–H groups in total. The Balaban J connectivity index is 2.00. The first kappa shape index (κ1) is 14.5. The Hall–Kier alpha value is -1.39. The third-order valence-electron chi connectivity index (χ3n) is 4.20. The number of likely N-dealkylation sites (tertiary alicyclic amines) is 1. The summed E-state index contributed by atoms with van der Waals surface area (Å²) in [6, 6.07) is 12.2. The van der Waals surface area contributed by atoms with Crippen LogP contribution in [0.5, 0.6) is 0 Å². The molecule has 0 spiro atoms. The van der Waals surface area contributed by atoms with E-state index in [4.69, 9.17) is 0 Å². The predicted octanol–water partition coefficient (Wildman–Crippen LogP) is 3.54. The van der Waals surface area contributed by atoms with Crippen molar-refractivity contribution in [3.63, 3.8) is 0 Å². The van der Waals surface area contributed by atoms with Crippen molar-refractivity contribution >= 4 is 15.9 Å². The standard InChI is InChI=1S/C17H19BrN2O/c1-19-9-7-14(8-10-19)20-12-15(16(18)11-17(20)21)13-5-3-2-4-6-13/h2-6,11-12,14H,7-10H2,1H3. The molecule has 1 saturated heterocycles. The molecule has 3 nitrogen and oxygen atoms in total. The van der Waals surface area contributed by atoms with Gasteiger partial charge in [-0.25, -0.2) is 0 Å². The van der Waals surface area contributed by atoms with Crippen LogP contribution in [0.1, 0.15) is 18.9 Å². The lowest BCUT2D eigenvalue weighted by atomic mass is 10.0. The van der Waals surface area contributed by atoms with Crippen LogP contribution < -0.4 is 5.56 Å². The first-order valence-electron chi connectivity index (χ1n) is 7.31. The zero-order valence-corrected chi connectivity index (χ0v) is 13.7. The molecule has 0 saturated carbocycles. The Morgan fingerprint density at radius 1 is 1.14 bits per heavy atom. The van der Waals surface area contributed by atoms with Crippen molar-refractivity contribution in [1.82, 2.24) is 9.47 Å². The topological polar surface area (TPSA) is 25.2 Å². The fraction of sp³-hybridized carbons (Fsp3) is 0.353. The molecule has 21 heavy (non-hydrogen) atoms. The lowest BCUT2D eigenvalue weighted by Crippen LogP contribution is -2.35. The van der Waals surface area contributed by atoms with E-state index >= 15 is 0 Å². The largest absolute Gasteiger partial charge is 0.312 e. The lowest BCUT2D eigenvalue weighted by Gasteiger charge is -2.30. The van der Waals surface area contributed by atoms with E-state index in [-0.39, 0.29) is 5.56 Å². The predicted molar refractivity (Wildman–Crippen MR) is 89.6 cm³/mol. The summed E-state index contributed by atoms with van der Waals surface area (Å²) in [5.41, 5.74) is 2.29. The zero-order valence-electron chi connectivity index (χ0n) is 12.1. The summed E-state index contributed by atoms with van der Waals surface area (Å²) in [4.78, 5) is 14.6. The van der Waals surface area contributed by atoms with E-state index < -0.39 is 0 Å². The van der Waals surface area contributed by atoms with Gasteiger partial charge < -0.3 is 9.47 Å². The molecule has 0 unspecified atom stereocenters. The summed E-state index contributed by atoms with van der Waals surface area (Å²) in [6.45, 7) is 2.10. The first-order valence-corrected chi connectivity index (χ1v) is 8.10. The summed E-state index contributed by atoms with van der Waals surface area (Å²) in [7, 11) is 2.13. The van der Waals surface area contributed by atoms with Crippen molar-refractivity contribution in [2.45, 2.75) is 18.9 Å². The second kappa shape index (κ2) is 6.16. The van der Waals surface area contributed by atoms with Crippen LogP contribution in [-0.2, 0) is 0 Å². The van der Waals surface area contributed by atoms with Crippen LogP contribution in [0, 0.1) is 0 Å². The minimum atomic E-state index is 0.0797. The molecule has 0 amide bonds. The SMILES string of the molecule is CN1CCC(n2cc(-c3ccccc3)c(Br)cc2=O)CC1. The maximum absolute atomic E-state index is 12.3. The molecule has 1 aliphatic heterocycles. The van der Waals surface area contributed by atoms with Gasteiger partial charge in [0.25, 0.3) is 5.56 Å². The van der Waals surface area contributed by atoms with Gasteiger partial charge in [0.2, 0.25) is 0 Å². The summed E-state index contributed by atoms with van der Waals surface area (Å²) in [6.07, 6.45) is 4.08. The summed E-state index contributed by atoms with van der Waals surface area (Å²) < 4.78 is 2.78. The number of piperidine rings is 1. The third-order valence-corrected chi connectivity index (χ3v) is 4.85. The fourth-order valence-corrected chi connectivity index (χ4v) is 3.44. The highest BCUT2D eigenvalue weighted by Crippen LogP contribution is 2.29. The quantitative estimate of drug-likeness (QED) is 0.830. The number of aromatic nitrogens is 1. The van der Waals surface area contributed by atoms with E-state index in [9.17, 15) is 4.79 Å². The van der Waals surface area contributed by atoms with Crippen LogP contribution in [0.4, 0.5) is 0 Å². The maximum Gasteiger partial charge on any atom is 0.251 e. The molecule has 0 aliphatic carbocycles. The van der Waals surface area contributed by atoms with Crippen molar-refractivity contribution < 1.29 is 0 Å². The van der Waals surface area contributed by atoms with Gasteiger partial charge in [-0.15, -0.1) is 0 Å². The third kappa shape index (κ3) is 3.11. The average Bonchev–Trinajstić information content (AvgIpc) is 2.49. The highest BCUT2D eigenvalue weighted by Gasteiger charge is 2.20. The molecule has 1 aromatic carbocycles. The highest BCUT2D eigenvalue weighted by atomic mass is 79.9. The van der Waals surface area contributed by atoms with Gasteiger partial charge in [-0.2, -0.15) is 0 Å². The maximum atomic E-state index is 12.3. The van der Waals surface area contributed by atoms with Crippen LogP contribution in [0.3, 0.4) is 0 Å². The van der Waals surface area contributed by atoms with E-state index in [0.717, 1.165) is 41.5 Å². The lowest BCUT2D eigenvalue weighted by molar-refractivity contribution is 0.219. The van der Waals surface area contributed by atoms with Crippen LogP contribution in [0.15, 0.2) is 51.9 Å². The summed E-state index contributed by atoms with van der Waals surface area (Å²) in [5, 5.41) is 0. The molecule has 3 rings (SSSR count). The first-order chi connectivity index (χ1) is 10.1. The molecule has 1 fully saturated rings. The minimum absolute atomic E-state index is 0.0797. The van der Waals surface area contributed by atoms with Gasteiger partial charge in [-0.05, 0) is 54.5 Å². The monoisotopic (exact) mass is 346 g/mol. The van der Waals surface area contributed by atoms with Crippen LogP contribution in [0.2, 0.25) is 0 Å². The molecule has 110 valence electrons. The molecular weight excluding hydrogens is 328 g/mol. The van der Waals surface area contributed by atoms with Gasteiger partial charge >= 0.3 is 0 Å². The molecular formula is C17H19BrN2O. The Morgan fingerprint density at radius 2 is 1.81 bits per heavy atom. The molecule has 0 radical (unpaired) electrons. The van der Waals surface area contributed by atoms with Crippen molar-refractivity contribution in [1.29, 1.82) is 0 Å². The molecule has 0 bridgehead atoms. The molecule has 4 heteroatoms. The summed E-state index contributed by atoms with van der Waals surface area (Å²) >= 11 is 3.53. The number of hydrogen-bond acceptors (Lipinski definition) is 2. The van der Waals surface area contributed by atoms with Crippen molar-refractivity contribution in [2.24, 2.45) is 0 Å². The molecule has 1 aliphatic rings. The fourth-order valence-electron chi connectivity index (χ4n) is 2.91. The van der Waals surface area contributed by atoms with Gasteiger partial charge in [-0.1, -0.05) is 30.3 Å². The normalized spacial score (nSPS) is 17.0. The Labute approximate surface area is 133 Å². The van der Waals surface area contributed by atoms with E-state index in [1.807, 2.05) is 29.0 Å². The summed E-state index contributed by atoms with van der Waals surface area (Å²) in [5.74, 6) is 0. The van der Waals surface area contributed by atoms with E-state index in [2.05, 4.69) is 40.0 Å². The highest BCUT2D eigenvalue weighted by molar-refractivity contribution is 9.10. The van der Waals surface area contributed by atoms with Gasteiger partial charge in [0, 0.05) is 28.3 Å². The Kier molecular flexibility index (Phi) is 4.27. The van der Waals surface area contributed by atoms with Gasteiger partial charge in [-0.3, -0.25) is 4.79 Å². The molecule has 2 heterocycles.